The second-order valence-electron chi connectivity index (χ2n) is 9.62. The van der Waals surface area contributed by atoms with E-state index in [9.17, 15) is 14.7 Å². The van der Waals surface area contributed by atoms with Gasteiger partial charge in [-0.15, -0.1) is 11.8 Å². The largest absolute Gasteiger partial charge is 0.494 e. The number of aryl methyl sites for hydroxylation is 2. The Kier molecular flexibility index (Phi) is 10.4. The lowest BCUT2D eigenvalue weighted by Crippen LogP contribution is -2.07. The summed E-state index contributed by atoms with van der Waals surface area (Å²) in [5.74, 6) is -0.318. The van der Waals surface area contributed by atoms with E-state index in [0.717, 1.165) is 62.4 Å². The molecule has 0 atom stereocenters. The van der Waals surface area contributed by atoms with Gasteiger partial charge in [0, 0.05) is 21.5 Å². The topological polar surface area (TPSA) is 98.0 Å². The minimum atomic E-state index is -0.967. The van der Waals surface area contributed by atoms with Crippen LogP contribution in [-0.4, -0.2) is 45.7 Å². The molecule has 3 aromatic carbocycles. The van der Waals surface area contributed by atoms with Crippen molar-refractivity contribution in [2.45, 2.75) is 38.1 Å². The molecule has 1 heterocycles. The quantitative estimate of drug-likeness (QED) is 0.0883. The molecule has 0 aliphatic heterocycles. The molecular weight excluding hydrogens is 562 g/mol. The zero-order valence-electron chi connectivity index (χ0n) is 22.9. The number of unbranched alkanes of at least 4 members (excludes halogenated alkanes) is 1. The van der Waals surface area contributed by atoms with Crippen molar-refractivity contribution in [3.05, 3.63) is 88.1 Å². The van der Waals surface area contributed by atoms with Crippen molar-refractivity contribution in [1.82, 2.24) is 4.57 Å². The average molecular weight is 594 g/mol. The van der Waals surface area contributed by atoms with E-state index in [1.807, 2.05) is 80.6 Å². The number of aliphatic carboxylic acids is 2. The summed E-state index contributed by atoms with van der Waals surface area (Å²) in [5.41, 5.74) is 4.63. The third-order valence-electron chi connectivity index (χ3n) is 6.36. The van der Waals surface area contributed by atoms with Crippen molar-refractivity contribution in [1.29, 1.82) is 0 Å². The third-order valence-corrected chi connectivity index (χ3v) is 7.61. The third kappa shape index (κ3) is 8.31. The maximum absolute atomic E-state index is 11.5. The first-order valence-corrected chi connectivity index (χ1v) is 14.6. The van der Waals surface area contributed by atoms with E-state index in [2.05, 4.69) is 0 Å². The molecule has 0 spiro atoms. The van der Waals surface area contributed by atoms with E-state index in [0.29, 0.717) is 18.2 Å². The zero-order valence-corrected chi connectivity index (χ0v) is 24.5. The number of hydrogen-bond acceptors (Lipinski definition) is 5. The highest BCUT2D eigenvalue weighted by Crippen LogP contribution is 2.33. The van der Waals surface area contributed by atoms with E-state index in [1.165, 1.54) is 11.8 Å². The van der Waals surface area contributed by atoms with Gasteiger partial charge in [-0.3, -0.25) is 9.59 Å². The second kappa shape index (κ2) is 14.1. The van der Waals surface area contributed by atoms with Gasteiger partial charge in [0.25, 0.3) is 0 Å². The summed E-state index contributed by atoms with van der Waals surface area (Å²) in [7, 11) is 0. The second-order valence-corrected chi connectivity index (χ2v) is 11.1. The predicted molar refractivity (Wildman–Crippen MR) is 164 cm³/mol. The smallest absolute Gasteiger partial charge is 0.323 e. The Balaban J connectivity index is 1.34. The van der Waals surface area contributed by atoms with Crippen LogP contribution in [-0.2, 0) is 16.1 Å². The molecule has 41 heavy (non-hydrogen) atoms. The van der Waals surface area contributed by atoms with Crippen molar-refractivity contribution in [3.8, 4) is 11.5 Å². The Hall–Kier alpha value is -3.88. The minimum Gasteiger partial charge on any atom is -0.494 e. The van der Waals surface area contributed by atoms with Crippen molar-refractivity contribution in [3.63, 3.8) is 0 Å². The first-order valence-electron chi connectivity index (χ1n) is 13.2. The SMILES string of the molecule is Cc1cc(Cl)cc(C)c1OCCCCOc1ccc(C=Cc2cccc3c(SCC(=O)O)cn(CC(=O)O)c23)cc1. The summed E-state index contributed by atoms with van der Waals surface area (Å²) in [6, 6.07) is 17.3. The lowest BCUT2D eigenvalue weighted by Gasteiger charge is -2.13. The number of carbonyl (C=O) groups is 2. The fraction of sp³-hybridized carbons (Fsp3) is 0.250. The number of nitrogens with zero attached hydrogens (tertiary/aromatic N) is 1. The molecule has 0 aliphatic rings. The molecule has 7 nitrogen and oxygen atoms in total. The molecule has 0 unspecified atom stereocenters. The van der Waals surface area contributed by atoms with E-state index >= 15 is 0 Å². The van der Waals surface area contributed by atoms with Gasteiger partial charge in [-0.05, 0) is 73.2 Å². The lowest BCUT2D eigenvalue weighted by molar-refractivity contribution is -0.137. The van der Waals surface area contributed by atoms with Crippen molar-refractivity contribution in [2.24, 2.45) is 0 Å². The van der Waals surface area contributed by atoms with Crippen molar-refractivity contribution >= 4 is 58.4 Å². The molecule has 4 aromatic rings. The molecule has 2 N–H and O–H groups in total. The molecule has 4 rings (SSSR count). The molecular formula is C32H32ClNO6S. The van der Waals surface area contributed by atoms with Crippen LogP contribution in [0.5, 0.6) is 11.5 Å². The van der Waals surface area contributed by atoms with Crippen LogP contribution in [0.15, 0.2) is 65.7 Å². The van der Waals surface area contributed by atoms with Crippen molar-refractivity contribution < 1.29 is 29.3 Å². The maximum atomic E-state index is 11.5. The lowest BCUT2D eigenvalue weighted by atomic mass is 10.1. The van der Waals surface area contributed by atoms with Gasteiger partial charge in [-0.2, -0.15) is 0 Å². The summed E-state index contributed by atoms with van der Waals surface area (Å²) < 4.78 is 13.5. The first kappa shape index (κ1) is 30.1. The number of thioether (sulfide) groups is 1. The molecule has 0 bridgehead atoms. The van der Waals surface area contributed by atoms with Crippen LogP contribution in [0.25, 0.3) is 23.1 Å². The maximum Gasteiger partial charge on any atom is 0.323 e. The number of benzene rings is 3. The number of ether oxygens (including phenoxy) is 2. The number of carboxylic acid groups (broad SMARTS) is 2. The highest BCUT2D eigenvalue weighted by atomic mass is 35.5. The highest BCUT2D eigenvalue weighted by molar-refractivity contribution is 8.00. The monoisotopic (exact) mass is 593 g/mol. The fourth-order valence-electron chi connectivity index (χ4n) is 4.57. The van der Waals surface area contributed by atoms with Gasteiger partial charge >= 0.3 is 11.9 Å². The summed E-state index contributed by atoms with van der Waals surface area (Å²) in [6.07, 6.45) is 7.33. The van der Waals surface area contributed by atoms with Gasteiger partial charge in [0.1, 0.15) is 18.0 Å². The molecule has 0 radical (unpaired) electrons. The summed E-state index contributed by atoms with van der Waals surface area (Å²) >= 11 is 7.27. The number of para-hydroxylation sites is 1. The first-order chi connectivity index (χ1) is 19.7. The van der Waals surface area contributed by atoms with E-state index < -0.39 is 11.9 Å². The van der Waals surface area contributed by atoms with E-state index in [4.69, 9.17) is 26.2 Å². The normalized spacial score (nSPS) is 11.3. The Morgan fingerprint density at radius 1 is 0.927 bits per heavy atom. The standard InChI is InChI=1S/C32H32ClNO6S/c1-21-16-25(33)17-22(2)32(21)40-15-4-3-14-39-26-12-9-23(10-13-26)8-11-24-6-5-7-27-28(41-20-30(37)38)18-34(31(24)27)19-29(35)36/h5-13,16-18H,3-4,14-15,19-20H2,1-2H3,(H,35,36)(H,37,38). The van der Waals surface area contributed by atoms with Crippen LogP contribution in [0, 0.1) is 13.8 Å². The number of rotatable bonds is 14. The van der Waals surface area contributed by atoms with Gasteiger partial charge in [-0.25, -0.2) is 0 Å². The molecule has 0 saturated carbocycles. The predicted octanol–water partition coefficient (Wildman–Crippen LogP) is 7.58. The van der Waals surface area contributed by atoms with Gasteiger partial charge in [0.15, 0.2) is 0 Å². The van der Waals surface area contributed by atoms with Gasteiger partial charge in [-0.1, -0.05) is 54.1 Å². The van der Waals surface area contributed by atoms with Gasteiger partial charge in [0.05, 0.1) is 24.5 Å². The molecule has 0 saturated heterocycles. The fourth-order valence-corrected chi connectivity index (χ4v) is 5.70. The number of fused-ring (bicyclic) bond motifs is 1. The van der Waals surface area contributed by atoms with E-state index in [1.54, 1.807) is 10.8 Å². The van der Waals surface area contributed by atoms with Crippen LogP contribution >= 0.6 is 23.4 Å². The minimum absolute atomic E-state index is 0.1000. The summed E-state index contributed by atoms with van der Waals surface area (Å²) in [6.45, 7) is 4.97. The Morgan fingerprint density at radius 3 is 2.27 bits per heavy atom. The van der Waals surface area contributed by atoms with Crippen LogP contribution < -0.4 is 9.47 Å². The van der Waals surface area contributed by atoms with Gasteiger partial charge in [0.2, 0.25) is 0 Å². The number of aromatic nitrogens is 1. The van der Waals surface area contributed by atoms with Crippen molar-refractivity contribution in [2.75, 3.05) is 19.0 Å². The van der Waals surface area contributed by atoms with Crippen LogP contribution in [0.4, 0.5) is 0 Å². The van der Waals surface area contributed by atoms with E-state index in [-0.39, 0.29) is 12.3 Å². The summed E-state index contributed by atoms with van der Waals surface area (Å²) in [4.78, 5) is 23.3. The van der Waals surface area contributed by atoms with Crippen LogP contribution in [0.2, 0.25) is 5.02 Å². The van der Waals surface area contributed by atoms with Crippen LogP contribution in [0.1, 0.15) is 35.1 Å². The average Bonchev–Trinajstić information content (AvgIpc) is 3.27. The molecule has 0 amide bonds. The Bertz CT molecular complexity index is 1540. The molecule has 9 heteroatoms. The zero-order chi connectivity index (χ0) is 29.4. The Labute approximate surface area is 248 Å². The Morgan fingerprint density at radius 2 is 1.61 bits per heavy atom. The van der Waals surface area contributed by atoms with Crippen LogP contribution in [0.3, 0.4) is 0 Å². The molecule has 214 valence electrons. The highest BCUT2D eigenvalue weighted by Gasteiger charge is 2.14. The number of hydrogen-bond donors (Lipinski definition) is 2. The number of carboxylic acids is 2. The molecule has 0 aliphatic carbocycles. The summed E-state index contributed by atoms with van der Waals surface area (Å²) in [5, 5.41) is 20.0. The van der Waals surface area contributed by atoms with Gasteiger partial charge < -0.3 is 24.3 Å². The molecule has 0 fully saturated rings. The molecule has 1 aromatic heterocycles. The number of halogens is 1.